The number of Topliss-reactive ketones (excluding diaryl/α,β-unsaturated/α-hetero) is 4. The molecule has 0 amide bonds. The average molecular weight is 380 g/mol. The molecule has 0 radical (unpaired) electrons. The molecule has 0 heterocycles. The molecule has 0 aromatic heterocycles. The lowest BCUT2D eigenvalue weighted by Crippen LogP contribution is -2.04. The van der Waals surface area contributed by atoms with Crippen molar-refractivity contribution in [3.05, 3.63) is 70.8 Å². The van der Waals surface area contributed by atoms with Crippen LogP contribution in [-0.4, -0.2) is 23.1 Å². The molecule has 4 heteroatoms. The SMILES string of the molecule is CC(=O)Cc1cccc(CC(C)=O)c1.CC(=O)Cc1ccccc1CC(C)=O. The van der Waals surface area contributed by atoms with E-state index in [9.17, 15) is 19.2 Å². The van der Waals surface area contributed by atoms with Gasteiger partial charge in [0.25, 0.3) is 0 Å². The first-order valence-electron chi connectivity index (χ1n) is 9.29. The van der Waals surface area contributed by atoms with Crippen molar-refractivity contribution in [2.24, 2.45) is 0 Å². The molecule has 0 fully saturated rings. The van der Waals surface area contributed by atoms with E-state index < -0.39 is 0 Å². The number of benzene rings is 2. The second-order valence-corrected chi connectivity index (χ2v) is 7.10. The predicted octanol–water partition coefficient (Wildman–Crippen LogP) is 3.90. The second kappa shape index (κ2) is 11.8. The molecular formula is C24H28O4. The lowest BCUT2D eigenvalue weighted by Gasteiger charge is -2.05. The summed E-state index contributed by atoms with van der Waals surface area (Å²) >= 11 is 0. The fourth-order valence-electron chi connectivity index (χ4n) is 2.86. The Labute approximate surface area is 167 Å². The lowest BCUT2D eigenvalue weighted by atomic mass is 9.99. The topological polar surface area (TPSA) is 68.3 Å². The first kappa shape index (κ1) is 23.2. The molecular weight excluding hydrogens is 352 g/mol. The number of ketones is 4. The normalized spacial score (nSPS) is 9.86. The van der Waals surface area contributed by atoms with Crippen molar-refractivity contribution in [3.63, 3.8) is 0 Å². The third-order valence-electron chi connectivity index (χ3n) is 3.89. The first-order chi connectivity index (χ1) is 13.2. The zero-order valence-electron chi connectivity index (χ0n) is 17.1. The van der Waals surface area contributed by atoms with Crippen LogP contribution < -0.4 is 0 Å². The van der Waals surface area contributed by atoms with Crippen LogP contribution in [-0.2, 0) is 44.9 Å². The van der Waals surface area contributed by atoms with Gasteiger partial charge in [-0.25, -0.2) is 0 Å². The fraction of sp³-hybridized carbons (Fsp3) is 0.333. The van der Waals surface area contributed by atoms with E-state index in [4.69, 9.17) is 0 Å². The average Bonchev–Trinajstić information content (AvgIpc) is 2.55. The van der Waals surface area contributed by atoms with E-state index in [2.05, 4.69) is 0 Å². The maximum absolute atomic E-state index is 11.0. The molecule has 0 saturated heterocycles. The summed E-state index contributed by atoms with van der Waals surface area (Å²) in [7, 11) is 0. The molecule has 0 N–H and O–H groups in total. The van der Waals surface area contributed by atoms with Crippen LogP contribution in [0.1, 0.15) is 49.9 Å². The van der Waals surface area contributed by atoms with Gasteiger partial charge in [-0.2, -0.15) is 0 Å². The molecule has 0 aliphatic rings. The molecule has 0 bridgehead atoms. The van der Waals surface area contributed by atoms with Crippen molar-refractivity contribution in [2.45, 2.75) is 53.4 Å². The Morgan fingerprint density at radius 3 is 1.21 bits per heavy atom. The Kier molecular flexibility index (Phi) is 9.72. The summed E-state index contributed by atoms with van der Waals surface area (Å²) in [6, 6.07) is 15.2. The van der Waals surface area contributed by atoms with Crippen molar-refractivity contribution in [3.8, 4) is 0 Å². The van der Waals surface area contributed by atoms with Gasteiger partial charge in [-0.1, -0.05) is 48.5 Å². The second-order valence-electron chi connectivity index (χ2n) is 7.10. The van der Waals surface area contributed by atoms with E-state index in [-0.39, 0.29) is 23.1 Å². The molecule has 2 aromatic rings. The molecule has 0 aliphatic heterocycles. The highest BCUT2D eigenvalue weighted by Crippen LogP contribution is 2.11. The Morgan fingerprint density at radius 2 is 0.893 bits per heavy atom. The number of carbonyl (C=O) groups is 4. The van der Waals surface area contributed by atoms with Gasteiger partial charge in [0.15, 0.2) is 0 Å². The highest BCUT2D eigenvalue weighted by atomic mass is 16.1. The third-order valence-corrected chi connectivity index (χ3v) is 3.89. The maximum Gasteiger partial charge on any atom is 0.134 e. The minimum absolute atomic E-state index is 0.126. The molecule has 2 aromatic carbocycles. The fourth-order valence-corrected chi connectivity index (χ4v) is 2.86. The molecule has 2 rings (SSSR count). The molecule has 148 valence electrons. The van der Waals surface area contributed by atoms with Crippen molar-refractivity contribution in [1.82, 2.24) is 0 Å². The number of rotatable bonds is 8. The molecule has 4 nitrogen and oxygen atoms in total. The van der Waals surface area contributed by atoms with Crippen LogP contribution in [0.5, 0.6) is 0 Å². The minimum atomic E-state index is 0.126. The van der Waals surface area contributed by atoms with Crippen LogP contribution in [0.2, 0.25) is 0 Å². The summed E-state index contributed by atoms with van der Waals surface area (Å²) in [5, 5.41) is 0. The van der Waals surface area contributed by atoms with Crippen LogP contribution in [0.3, 0.4) is 0 Å². The smallest absolute Gasteiger partial charge is 0.134 e. The maximum atomic E-state index is 11.0. The van der Waals surface area contributed by atoms with E-state index in [1.165, 1.54) is 0 Å². The van der Waals surface area contributed by atoms with Gasteiger partial charge >= 0.3 is 0 Å². The third kappa shape index (κ3) is 9.72. The lowest BCUT2D eigenvalue weighted by molar-refractivity contribution is -0.117. The molecule has 0 spiro atoms. The number of carbonyl (C=O) groups excluding carboxylic acids is 4. The van der Waals surface area contributed by atoms with E-state index in [0.717, 1.165) is 22.3 Å². The van der Waals surface area contributed by atoms with Gasteiger partial charge in [0.05, 0.1) is 0 Å². The van der Waals surface area contributed by atoms with E-state index in [1.54, 1.807) is 27.7 Å². The van der Waals surface area contributed by atoms with Crippen LogP contribution in [0.4, 0.5) is 0 Å². The quantitative estimate of drug-likeness (QED) is 0.696. The van der Waals surface area contributed by atoms with E-state index >= 15 is 0 Å². The molecule has 28 heavy (non-hydrogen) atoms. The van der Waals surface area contributed by atoms with Gasteiger partial charge in [0.2, 0.25) is 0 Å². The number of hydrogen-bond donors (Lipinski definition) is 0. The Hall–Kier alpha value is -2.88. The predicted molar refractivity (Wildman–Crippen MR) is 110 cm³/mol. The Balaban J connectivity index is 0.000000280. The minimum Gasteiger partial charge on any atom is -0.300 e. The van der Waals surface area contributed by atoms with Gasteiger partial charge in [0, 0.05) is 25.7 Å². The summed E-state index contributed by atoms with van der Waals surface area (Å²) in [4.78, 5) is 43.7. The van der Waals surface area contributed by atoms with E-state index in [1.807, 2.05) is 48.5 Å². The summed E-state index contributed by atoms with van der Waals surface area (Å²) in [6.45, 7) is 6.25. The van der Waals surface area contributed by atoms with Crippen LogP contribution in [0.15, 0.2) is 48.5 Å². The molecule has 0 saturated carbocycles. The van der Waals surface area contributed by atoms with Gasteiger partial charge in [-0.05, 0) is 49.9 Å². The van der Waals surface area contributed by atoms with Gasteiger partial charge < -0.3 is 0 Å². The molecule has 0 unspecified atom stereocenters. The molecule has 0 atom stereocenters. The Bertz CT molecular complexity index is 783. The van der Waals surface area contributed by atoms with Gasteiger partial charge in [0.1, 0.15) is 23.1 Å². The van der Waals surface area contributed by atoms with Crippen molar-refractivity contribution in [2.75, 3.05) is 0 Å². The monoisotopic (exact) mass is 380 g/mol. The van der Waals surface area contributed by atoms with Gasteiger partial charge in [-0.15, -0.1) is 0 Å². The highest BCUT2D eigenvalue weighted by molar-refractivity contribution is 5.81. The Morgan fingerprint density at radius 1 is 0.536 bits per heavy atom. The largest absolute Gasteiger partial charge is 0.300 e. The van der Waals surface area contributed by atoms with E-state index in [0.29, 0.717) is 25.7 Å². The van der Waals surface area contributed by atoms with Crippen molar-refractivity contribution < 1.29 is 19.2 Å². The standard InChI is InChI=1S/2C12H14O2/c1-9(13)6-11-4-3-5-12(8-11)7-10(2)14;1-9(13)7-11-5-3-4-6-12(11)8-10(2)14/h3-5,8H,6-7H2,1-2H3;3-6H,7-8H2,1-2H3. The summed E-state index contributed by atoms with van der Waals surface area (Å²) in [5.41, 5.74) is 3.90. The van der Waals surface area contributed by atoms with Crippen LogP contribution in [0, 0.1) is 0 Å². The summed E-state index contributed by atoms with van der Waals surface area (Å²) in [6.07, 6.45) is 1.74. The summed E-state index contributed by atoms with van der Waals surface area (Å²) < 4.78 is 0. The van der Waals surface area contributed by atoms with Crippen LogP contribution >= 0.6 is 0 Å². The first-order valence-corrected chi connectivity index (χ1v) is 9.29. The van der Waals surface area contributed by atoms with Crippen molar-refractivity contribution >= 4 is 23.1 Å². The highest BCUT2D eigenvalue weighted by Gasteiger charge is 2.05. The van der Waals surface area contributed by atoms with Crippen LogP contribution in [0.25, 0.3) is 0 Å². The number of hydrogen-bond acceptors (Lipinski definition) is 4. The zero-order valence-corrected chi connectivity index (χ0v) is 17.1. The van der Waals surface area contributed by atoms with Gasteiger partial charge in [-0.3, -0.25) is 19.2 Å². The van der Waals surface area contributed by atoms with Crippen molar-refractivity contribution in [1.29, 1.82) is 0 Å². The zero-order chi connectivity index (χ0) is 21.1. The molecule has 0 aliphatic carbocycles. The summed E-state index contributed by atoms with van der Waals surface area (Å²) in [5.74, 6) is 0.539.